The molecule has 1 aromatic carbocycles. The van der Waals surface area contributed by atoms with E-state index >= 15 is 0 Å². The number of hydrogen-bond donors (Lipinski definition) is 2. The van der Waals surface area contributed by atoms with Crippen LogP contribution in [-0.4, -0.2) is 47.0 Å². The lowest BCUT2D eigenvalue weighted by Crippen LogP contribution is -2.43. The van der Waals surface area contributed by atoms with Crippen LogP contribution in [0.1, 0.15) is 34.5 Å². The van der Waals surface area contributed by atoms with Crippen LogP contribution in [0.4, 0.5) is 0 Å². The lowest BCUT2D eigenvalue weighted by Gasteiger charge is -2.29. The van der Waals surface area contributed by atoms with Crippen molar-refractivity contribution in [3.8, 4) is 0 Å². The molecule has 2 aromatic heterocycles. The summed E-state index contributed by atoms with van der Waals surface area (Å²) in [6.07, 6.45) is 2.03. The van der Waals surface area contributed by atoms with E-state index in [2.05, 4.69) is 40.2 Å². The van der Waals surface area contributed by atoms with E-state index in [1.54, 1.807) is 0 Å². The predicted octanol–water partition coefficient (Wildman–Crippen LogP) is 3.16. The molecule has 0 spiro atoms. The Morgan fingerprint density at radius 2 is 1.96 bits per heavy atom. The van der Waals surface area contributed by atoms with E-state index in [0.29, 0.717) is 5.56 Å². The number of amides is 1. The summed E-state index contributed by atoms with van der Waals surface area (Å²) in [4.78, 5) is 22.9. The lowest BCUT2D eigenvalue weighted by atomic mass is 10.0. The molecule has 25 heavy (non-hydrogen) atoms. The second-order valence-corrected chi connectivity index (χ2v) is 7.22. The lowest BCUT2D eigenvalue weighted by molar-refractivity contribution is 0.0917. The number of fused-ring (bicyclic) bond motifs is 3. The van der Waals surface area contributed by atoms with Crippen LogP contribution < -0.4 is 5.32 Å². The Morgan fingerprint density at radius 1 is 1.20 bits per heavy atom. The maximum absolute atomic E-state index is 12.6. The quantitative estimate of drug-likeness (QED) is 0.756. The molecule has 1 amide bonds. The predicted molar refractivity (Wildman–Crippen MR) is 101 cm³/mol. The van der Waals surface area contributed by atoms with Gasteiger partial charge in [-0.2, -0.15) is 0 Å². The fraction of sp³-hybridized carbons (Fsp3) is 0.400. The second-order valence-electron chi connectivity index (χ2n) is 7.22. The first-order valence-electron chi connectivity index (χ1n) is 8.90. The first-order valence-corrected chi connectivity index (χ1v) is 8.90. The van der Waals surface area contributed by atoms with Crippen molar-refractivity contribution in [2.75, 3.05) is 20.1 Å². The van der Waals surface area contributed by atoms with Gasteiger partial charge >= 0.3 is 0 Å². The number of aromatic amines is 1. The van der Waals surface area contributed by atoms with Crippen LogP contribution in [0.2, 0.25) is 0 Å². The summed E-state index contributed by atoms with van der Waals surface area (Å²) < 4.78 is 0. The van der Waals surface area contributed by atoms with Crippen molar-refractivity contribution in [3.05, 3.63) is 41.1 Å². The zero-order chi connectivity index (χ0) is 17.6. The van der Waals surface area contributed by atoms with Gasteiger partial charge in [-0.05, 0) is 70.6 Å². The minimum absolute atomic E-state index is 0.00966. The topological polar surface area (TPSA) is 61.0 Å². The highest BCUT2D eigenvalue weighted by Gasteiger charge is 2.19. The average Bonchev–Trinajstić information content (AvgIpc) is 2.94. The van der Waals surface area contributed by atoms with Gasteiger partial charge in [0.2, 0.25) is 0 Å². The van der Waals surface area contributed by atoms with Crippen molar-refractivity contribution in [3.63, 3.8) is 0 Å². The van der Waals surface area contributed by atoms with E-state index in [1.165, 1.54) is 5.56 Å². The van der Waals surface area contributed by atoms with Crippen molar-refractivity contribution < 1.29 is 4.79 Å². The third kappa shape index (κ3) is 3.00. The molecule has 3 aromatic rings. The summed E-state index contributed by atoms with van der Waals surface area (Å²) in [6.45, 7) is 6.16. The van der Waals surface area contributed by atoms with E-state index in [0.717, 1.165) is 53.6 Å². The molecule has 0 radical (unpaired) electrons. The molecule has 5 nitrogen and oxygen atoms in total. The van der Waals surface area contributed by atoms with Crippen molar-refractivity contribution >= 4 is 27.8 Å². The zero-order valence-electron chi connectivity index (χ0n) is 15.0. The molecule has 1 aliphatic heterocycles. The molecule has 1 saturated heterocycles. The highest BCUT2D eigenvalue weighted by molar-refractivity contribution is 6.08. The van der Waals surface area contributed by atoms with Crippen LogP contribution >= 0.6 is 0 Å². The normalized spacial score (nSPS) is 16.6. The van der Waals surface area contributed by atoms with Crippen LogP contribution in [0.15, 0.2) is 24.3 Å². The Balaban J connectivity index is 1.62. The van der Waals surface area contributed by atoms with E-state index in [-0.39, 0.29) is 11.9 Å². The fourth-order valence-corrected chi connectivity index (χ4v) is 3.58. The molecule has 4 rings (SSSR count). The van der Waals surface area contributed by atoms with Gasteiger partial charge in [-0.15, -0.1) is 0 Å². The molecular weight excluding hydrogens is 312 g/mol. The smallest absolute Gasteiger partial charge is 0.251 e. The first-order chi connectivity index (χ1) is 12.0. The summed E-state index contributed by atoms with van der Waals surface area (Å²) in [7, 11) is 2.12. The monoisotopic (exact) mass is 336 g/mol. The number of carbonyl (C=O) groups excluding carboxylic acids is 1. The van der Waals surface area contributed by atoms with Crippen LogP contribution in [0.25, 0.3) is 21.9 Å². The summed E-state index contributed by atoms with van der Waals surface area (Å²) in [5.74, 6) is 0.00966. The van der Waals surface area contributed by atoms with Gasteiger partial charge in [-0.1, -0.05) is 6.07 Å². The Kier molecular flexibility index (Phi) is 3.96. The largest absolute Gasteiger partial charge is 0.349 e. The van der Waals surface area contributed by atoms with E-state index in [1.807, 2.05) is 25.1 Å². The number of hydrogen-bond acceptors (Lipinski definition) is 3. The number of nitrogens with zero attached hydrogens (tertiary/aromatic N) is 2. The number of aromatic nitrogens is 2. The van der Waals surface area contributed by atoms with Gasteiger partial charge in [0.15, 0.2) is 0 Å². The molecule has 1 aliphatic rings. The number of likely N-dealkylation sites (tertiary alicyclic amines) is 1. The first kappa shape index (κ1) is 16.1. The summed E-state index contributed by atoms with van der Waals surface area (Å²) in [5.41, 5.74) is 4.75. The highest BCUT2D eigenvalue weighted by Crippen LogP contribution is 2.26. The van der Waals surface area contributed by atoms with Crippen LogP contribution in [-0.2, 0) is 0 Å². The Bertz CT molecular complexity index is 951. The number of rotatable bonds is 2. The second kappa shape index (κ2) is 6.15. The third-order valence-corrected chi connectivity index (χ3v) is 5.34. The van der Waals surface area contributed by atoms with Crippen molar-refractivity contribution in [2.45, 2.75) is 32.7 Å². The number of H-pyrrole nitrogens is 1. The molecule has 0 atom stereocenters. The summed E-state index contributed by atoms with van der Waals surface area (Å²) >= 11 is 0. The Labute approximate surface area is 147 Å². The van der Waals surface area contributed by atoms with Crippen LogP contribution in [0.3, 0.4) is 0 Å². The van der Waals surface area contributed by atoms with Crippen molar-refractivity contribution in [1.29, 1.82) is 0 Å². The molecular formula is C20H24N4O. The molecule has 1 fully saturated rings. The minimum atomic E-state index is 0.00966. The van der Waals surface area contributed by atoms with Crippen molar-refractivity contribution in [1.82, 2.24) is 20.2 Å². The third-order valence-electron chi connectivity index (χ3n) is 5.34. The van der Waals surface area contributed by atoms with E-state index in [9.17, 15) is 4.79 Å². The number of carbonyl (C=O) groups is 1. The van der Waals surface area contributed by atoms with Gasteiger partial charge in [0, 0.05) is 33.6 Å². The number of aryl methyl sites for hydroxylation is 2. The average molecular weight is 336 g/mol. The van der Waals surface area contributed by atoms with Gasteiger partial charge in [-0.3, -0.25) is 4.79 Å². The van der Waals surface area contributed by atoms with Crippen LogP contribution in [0, 0.1) is 13.8 Å². The number of nitrogens with one attached hydrogen (secondary N) is 2. The van der Waals surface area contributed by atoms with Gasteiger partial charge in [-0.25, -0.2) is 4.98 Å². The molecule has 0 aliphatic carbocycles. The van der Waals surface area contributed by atoms with Gasteiger partial charge in [0.05, 0.1) is 0 Å². The minimum Gasteiger partial charge on any atom is -0.349 e. The maximum atomic E-state index is 12.6. The maximum Gasteiger partial charge on any atom is 0.251 e. The van der Waals surface area contributed by atoms with Crippen LogP contribution in [0.5, 0.6) is 0 Å². The van der Waals surface area contributed by atoms with E-state index < -0.39 is 0 Å². The standard InChI is InChI=1S/C20H24N4O/c1-12-10-17-16-5-4-14(11-18(16)23-19(17)21-13(12)2)20(25)22-15-6-8-24(3)9-7-15/h4-5,10-11,15H,6-9H2,1-3H3,(H,21,23)(H,22,25). The Hall–Kier alpha value is -2.40. The molecule has 130 valence electrons. The summed E-state index contributed by atoms with van der Waals surface area (Å²) in [5, 5.41) is 5.40. The molecule has 0 bridgehead atoms. The van der Waals surface area contributed by atoms with Gasteiger partial charge < -0.3 is 15.2 Å². The summed E-state index contributed by atoms with van der Waals surface area (Å²) in [6, 6.07) is 8.30. The van der Waals surface area contributed by atoms with E-state index in [4.69, 9.17) is 0 Å². The molecule has 2 N–H and O–H groups in total. The fourth-order valence-electron chi connectivity index (χ4n) is 3.58. The SMILES string of the molecule is Cc1cc2c(nc1C)[nH]c1cc(C(=O)NC3CCN(C)CC3)ccc12. The van der Waals surface area contributed by atoms with Crippen molar-refractivity contribution in [2.24, 2.45) is 0 Å². The highest BCUT2D eigenvalue weighted by atomic mass is 16.1. The number of piperidine rings is 1. The molecule has 0 saturated carbocycles. The number of benzene rings is 1. The molecule has 0 unspecified atom stereocenters. The van der Waals surface area contributed by atoms with Gasteiger partial charge in [0.1, 0.15) is 5.65 Å². The number of pyridine rings is 1. The zero-order valence-corrected chi connectivity index (χ0v) is 15.0. The molecule has 3 heterocycles. The van der Waals surface area contributed by atoms with Gasteiger partial charge in [0.25, 0.3) is 5.91 Å². The molecule has 5 heteroatoms. The Morgan fingerprint density at radius 3 is 2.72 bits per heavy atom.